The van der Waals surface area contributed by atoms with E-state index in [0.717, 1.165) is 0 Å². The highest BCUT2D eigenvalue weighted by Gasteiger charge is 2.24. The highest BCUT2D eigenvalue weighted by Crippen LogP contribution is 2.27. The first kappa shape index (κ1) is 21.8. The van der Waals surface area contributed by atoms with Crippen LogP contribution in [0.5, 0.6) is 5.75 Å². The molecular weight excluding hydrogens is 395 g/mol. The number of benzene rings is 1. The molecule has 9 heteroatoms. The summed E-state index contributed by atoms with van der Waals surface area (Å²) in [5, 5.41) is 3.78. The van der Waals surface area contributed by atoms with E-state index in [1.807, 2.05) is 0 Å². The summed E-state index contributed by atoms with van der Waals surface area (Å²) in [6.07, 6.45) is 1.38. The van der Waals surface area contributed by atoms with Crippen LogP contribution in [0, 0.1) is 0 Å². The number of nitrogens with one attached hydrogen (secondary N) is 1. The van der Waals surface area contributed by atoms with Crippen LogP contribution in [0.15, 0.2) is 18.2 Å². The lowest BCUT2D eigenvalue weighted by Gasteiger charge is -2.32. The molecule has 1 aliphatic rings. The van der Waals surface area contributed by atoms with Gasteiger partial charge in [0.2, 0.25) is 5.91 Å². The molecule has 1 aromatic rings. The van der Waals surface area contributed by atoms with Crippen molar-refractivity contribution in [2.45, 2.75) is 18.9 Å². The lowest BCUT2D eigenvalue weighted by molar-refractivity contribution is -0.137. The van der Waals surface area contributed by atoms with Crippen molar-refractivity contribution >= 4 is 35.0 Å². The fourth-order valence-corrected chi connectivity index (χ4v) is 3.13. The van der Waals surface area contributed by atoms with Crippen molar-refractivity contribution < 1.29 is 23.8 Å². The molecule has 2 amide bonds. The topological polar surface area (TPSA) is 77.1 Å². The number of halogens is 2. The Bertz CT molecular complexity index is 636. The average Bonchev–Trinajstić information content (AvgIpc) is 2.65. The van der Waals surface area contributed by atoms with E-state index >= 15 is 0 Å². The van der Waals surface area contributed by atoms with Crippen molar-refractivity contribution in [2.75, 3.05) is 46.6 Å². The average molecular weight is 419 g/mol. The van der Waals surface area contributed by atoms with Crippen molar-refractivity contribution in [2.24, 2.45) is 0 Å². The molecule has 0 radical (unpaired) electrons. The third-order valence-electron chi connectivity index (χ3n) is 4.12. The molecule has 1 N–H and O–H groups in total. The number of piperidine rings is 1. The SMILES string of the molecule is COCCOCC(=O)N1CCC(NC(=O)COc2ccc(Cl)cc2Cl)CC1. The van der Waals surface area contributed by atoms with Gasteiger partial charge in [-0.2, -0.15) is 0 Å². The van der Waals surface area contributed by atoms with E-state index in [-0.39, 0.29) is 31.1 Å². The standard InChI is InChI=1S/C18H24Cl2N2O5/c1-25-8-9-26-12-18(24)22-6-4-14(5-7-22)21-17(23)11-27-16-3-2-13(19)10-15(16)20/h2-3,10,14H,4-9,11-12H2,1H3,(H,21,23). The molecule has 1 aliphatic heterocycles. The van der Waals surface area contributed by atoms with Gasteiger partial charge in [0.1, 0.15) is 12.4 Å². The van der Waals surface area contributed by atoms with E-state index in [1.165, 1.54) is 0 Å². The summed E-state index contributed by atoms with van der Waals surface area (Å²) < 4.78 is 15.5. The first-order valence-electron chi connectivity index (χ1n) is 8.71. The van der Waals surface area contributed by atoms with E-state index < -0.39 is 0 Å². The molecule has 2 rings (SSSR count). The molecule has 27 heavy (non-hydrogen) atoms. The summed E-state index contributed by atoms with van der Waals surface area (Å²) >= 11 is 11.8. The second-order valence-corrected chi connectivity index (χ2v) is 6.98. The summed E-state index contributed by atoms with van der Waals surface area (Å²) in [7, 11) is 1.58. The van der Waals surface area contributed by atoms with Gasteiger partial charge in [0.15, 0.2) is 6.61 Å². The van der Waals surface area contributed by atoms with Crippen molar-refractivity contribution in [3.63, 3.8) is 0 Å². The Morgan fingerprint density at radius 1 is 1.19 bits per heavy atom. The van der Waals surface area contributed by atoms with E-state index in [0.29, 0.717) is 54.9 Å². The third-order valence-corrected chi connectivity index (χ3v) is 4.65. The lowest BCUT2D eigenvalue weighted by Crippen LogP contribution is -2.48. The molecule has 0 spiro atoms. The molecule has 1 aromatic carbocycles. The Hall–Kier alpha value is -1.54. The van der Waals surface area contributed by atoms with Crippen LogP contribution in [0.25, 0.3) is 0 Å². The number of ether oxygens (including phenoxy) is 3. The zero-order valence-electron chi connectivity index (χ0n) is 15.2. The summed E-state index contributed by atoms with van der Waals surface area (Å²) in [6.45, 7) is 1.95. The zero-order chi connectivity index (χ0) is 19.6. The zero-order valence-corrected chi connectivity index (χ0v) is 16.7. The largest absolute Gasteiger partial charge is 0.482 e. The van der Waals surface area contributed by atoms with Crippen molar-refractivity contribution in [1.82, 2.24) is 10.2 Å². The number of rotatable bonds is 9. The summed E-state index contributed by atoms with van der Waals surface area (Å²) in [5.41, 5.74) is 0. The smallest absolute Gasteiger partial charge is 0.258 e. The van der Waals surface area contributed by atoms with Crippen molar-refractivity contribution in [1.29, 1.82) is 0 Å². The number of methoxy groups -OCH3 is 1. The predicted molar refractivity (Wildman–Crippen MR) is 102 cm³/mol. The molecule has 1 fully saturated rings. The van der Waals surface area contributed by atoms with Gasteiger partial charge in [-0.25, -0.2) is 0 Å². The van der Waals surface area contributed by atoms with Gasteiger partial charge >= 0.3 is 0 Å². The number of carbonyl (C=O) groups is 2. The molecule has 7 nitrogen and oxygen atoms in total. The molecule has 0 aromatic heterocycles. The van der Waals surface area contributed by atoms with Crippen LogP contribution in [0.4, 0.5) is 0 Å². The molecule has 1 heterocycles. The highest BCUT2D eigenvalue weighted by molar-refractivity contribution is 6.35. The monoisotopic (exact) mass is 418 g/mol. The van der Waals surface area contributed by atoms with Crippen molar-refractivity contribution in [3.05, 3.63) is 28.2 Å². The van der Waals surface area contributed by atoms with Gasteiger partial charge in [0.25, 0.3) is 5.91 Å². The van der Waals surface area contributed by atoms with Crippen LogP contribution < -0.4 is 10.1 Å². The Balaban J connectivity index is 1.66. The third kappa shape index (κ3) is 7.54. The minimum absolute atomic E-state index is 0.0141. The van der Waals surface area contributed by atoms with Gasteiger partial charge in [0, 0.05) is 31.3 Å². The van der Waals surface area contributed by atoms with Gasteiger partial charge in [0.05, 0.1) is 18.2 Å². The fraction of sp³-hybridized carbons (Fsp3) is 0.556. The Labute approximate surface area is 168 Å². The van der Waals surface area contributed by atoms with Gasteiger partial charge in [-0.1, -0.05) is 23.2 Å². The van der Waals surface area contributed by atoms with E-state index in [2.05, 4.69) is 5.32 Å². The number of hydrogen-bond acceptors (Lipinski definition) is 5. The van der Waals surface area contributed by atoms with E-state index in [4.69, 9.17) is 37.4 Å². The number of likely N-dealkylation sites (tertiary alicyclic amines) is 1. The molecule has 0 aliphatic carbocycles. The highest BCUT2D eigenvalue weighted by atomic mass is 35.5. The maximum absolute atomic E-state index is 12.1. The predicted octanol–water partition coefficient (Wildman–Crippen LogP) is 2.14. The first-order valence-corrected chi connectivity index (χ1v) is 9.47. The fourth-order valence-electron chi connectivity index (χ4n) is 2.67. The van der Waals surface area contributed by atoms with Crippen LogP contribution in [-0.2, 0) is 19.1 Å². The van der Waals surface area contributed by atoms with Crippen LogP contribution in [-0.4, -0.2) is 69.4 Å². The van der Waals surface area contributed by atoms with Gasteiger partial charge in [-0.15, -0.1) is 0 Å². The summed E-state index contributed by atoms with van der Waals surface area (Å²) in [6, 6.07) is 4.84. The Morgan fingerprint density at radius 2 is 1.93 bits per heavy atom. The van der Waals surface area contributed by atoms with Crippen LogP contribution >= 0.6 is 23.2 Å². The second-order valence-electron chi connectivity index (χ2n) is 6.13. The van der Waals surface area contributed by atoms with Crippen LogP contribution in [0.2, 0.25) is 10.0 Å². The quantitative estimate of drug-likeness (QED) is 0.621. The molecule has 0 saturated carbocycles. The van der Waals surface area contributed by atoms with Crippen LogP contribution in [0.3, 0.4) is 0 Å². The maximum Gasteiger partial charge on any atom is 0.258 e. The Kier molecular flexibility index (Phi) is 9.14. The molecule has 150 valence electrons. The number of hydrogen-bond donors (Lipinski definition) is 1. The molecule has 1 saturated heterocycles. The van der Waals surface area contributed by atoms with Gasteiger partial charge in [-0.05, 0) is 31.0 Å². The lowest BCUT2D eigenvalue weighted by atomic mass is 10.1. The molecule has 0 atom stereocenters. The van der Waals surface area contributed by atoms with E-state index in [9.17, 15) is 9.59 Å². The molecule has 0 bridgehead atoms. The van der Waals surface area contributed by atoms with E-state index in [1.54, 1.807) is 30.2 Å². The molecular formula is C18H24Cl2N2O5. The summed E-state index contributed by atoms with van der Waals surface area (Å²) in [5.74, 6) is 0.135. The van der Waals surface area contributed by atoms with Gasteiger partial charge in [-0.3, -0.25) is 9.59 Å². The summed E-state index contributed by atoms with van der Waals surface area (Å²) in [4.78, 5) is 25.8. The number of carbonyl (C=O) groups excluding carboxylic acids is 2. The minimum atomic E-state index is -0.228. The van der Waals surface area contributed by atoms with Crippen LogP contribution in [0.1, 0.15) is 12.8 Å². The first-order chi connectivity index (χ1) is 13.0. The number of nitrogens with zero attached hydrogens (tertiary/aromatic N) is 1. The van der Waals surface area contributed by atoms with Gasteiger partial charge < -0.3 is 24.4 Å². The normalized spacial score (nSPS) is 14.9. The minimum Gasteiger partial charge on any atom is -0.482 e. The Morgan fingerprint density at radius 3 is 2.59 bits per heavy atom. The second kappa shape index (κ2) is 11.3. The number of amides is 2. The molecule has 0 unspecified atom stereocenters. The maximum atomic E-state index is 12.1. The van der Waals surface area contributed by atoms with Crippen molar-refractivity contribution in [3.8, 4) is 5.75 Å².